The highest BCUT2D eigenvalue weighted by Crippen LogP contribution is 2.30. The van der Waals surface area contributed by atoms with E-state index in [-0.39, 0.29) is 29.8 Å². The van der Waals surface area contributed by atoms with Crippen LogP contribution in [0.15, 0.2) is 102 Å². The first-order valence-electron chi connectivity index (χ1n) is 15.9. The van der Waals surface area contributed by atoms with Crippen molar-refractivity contribution in [1.82, 2.24) is 10.2 Å². The van der Waals surface area contributed by atoms with Gasteiger partial charge in [-0.3, -0.25) is 13.9 Å². The number of aryl methyl sites for hydroxylation is 1. The van der Waals surface area contributed by atoms with E-state index in [2.05, 4.69) is 5.32 Å². The number of rotatable bonds is 12. The SMILES string of the molecule is Cc1ccc(N(CC(=O)N(Cc2c(Cl)cccc2Cl)[C@@H](Cc2ccccc2)C(=O)NC2CCCCC2)S(=O)(=O)c2ccc(Cl)cc2)cc1. The Morgan fingerprint density at radius 3 is 2.06 bits per heavy atom. The van der Waals surface area contributed by atoms with E-state index in [4.69, 9.17) is 34.8 Å². The molecule has 1 fully saturated rings. The zero-order chi connectivity index (χ0) is 34.3. The van der Waals surface area contributed by atoms with E-state index < -0.39 is 28.5 Å². The first kappa shape index (κ1) is 35.7. The van der Waals surface area contributed by atoms with Crippen molar-refractivity contribution in [1.29, 1.82) is 0 Å². The van der Waals surface area contributed by atoms with Crippen LogP contribution < -0.4 is 9.62 Å². The van der Waals surface area contributed by atoms with Crippen molar-refractivity contribution >= 4 is 62.3 Å². The number of anilines is 1. The van der Waals surface area contributed by atoms with E-state index in [1.807, 2.05) is 37.3 Å². The van der Waals surface area contributed by atoms with E-state index in [0.29, 0.717) is 26.3 Å². The summed E-state index contributed by atoms with van der Waals surface area (Å²) in [7, 11) is -4.25. The van der Waals surface area contributed by atoms with Gasteiger partial charge in [-0.25, -0.2) is 8.42 Å². The molecule has 252 valence electrons. The lowest BCUT2D eigenvalue weighted by Gasteiger charge is -2.35. The van der Waals surface area contributed by atoms with Crippen LogP contribution in [0.1, 0.15) is 48.8 Å². The second kappa shape index (κ2) is 16.2. The molecule has 11 heteroatoms. The molecule has 1 N–H and O–H groups in total. The van der Waals surface area contributed by atoms with Crippen LogP contribution in [0.25, 0.3) is 0 Å². The quantitative estimate of drug-likeness (QED) is 0.159. The maximum absolute atomic E-state index is 14.7. The molecule has 4 aromatic rings. The molecular weight excluding hydrogens is 689 g/mol. The van der Waals surface area contributed by atoms with Crippen molar-refractivity contribution in [2.45, 2.75) is 69.0 Å². The molecule has 1 aliphatic carbocycles. The van der Waals surface area contributed by atoms with Gasteiger partial charge in [-0.1, -0.05) is 108 Å². The van der Waals surface area contributed by atoms with Crippen molar-refractivity contribution in [3.05, 3.63) is 129 Å². The van der Waals surface area contributed by atoms with Crippen molar-refractivity contribution in [3.63, 3.8) is 0 Å². The van der Waals surface area contributed by atoms with Gasteiger partial charge in [-0.05, 0) is 73.9 Å². The molecule has 0 saturated heterocycles. The maximum atomic E-state index is 14.7. The van der Waals surface area contributed by atoms with Gasteiger partial charge in [0.15, 0.2) is 0 Å². The Bertz CT molecular complexity index is 1800. The minimum Gasteiger partial charge on any atom is -0.352 e. The second-order valence-electron chi connectivity index (χ2n) is 12.1. The number of hydrogen-bond donors (Lipinski definition) is 1. The summed E-state index contributed by atoms with van der Waals surface area (Å²) in [5.74, 6) is -0.909. The first-order chi connectivity index (χ1) is 23.0. The van der Waals surface area contributed by atoms with Gasteiger partial charge in [-0.2, -0.15) is 0 Å². The number of amides is 2. The third kappa shape index (κ3) is 8.91. The Labute approximate surface area is 297 Å². The van der Waals surface area contributed by atoms with E-state index in [1.54, 1.807) is 42.5 Å². The molecule has 7 nitrogen and oxygen atoms in total. The summed E-state index contributed by atoms with van der Waals surface area (Å²) in [5.41, 5.74) is 2.52. The summed E-state index contributed by atoms with van der Waals surface area (Å²) in [6, 6.07) is 26.1. The molecule has 0 bridgehead atoms. The average Bonchev–Trinajstić information content (AvgIpc) is 3.08. The molecular formula is C37H38Cl3N3O4S. The Balaban J connectivity index is 1.59. The minimum atomic E-state index is -4.25. The fourth-order valence-corrected chi connectivity index (χ4v) is 7.98. The topological polar surface area (TPSA) is 86.8 Å². The van der Waals surface area contributed by atoms with Crippen LogP contribution in [-0.4, -0.2) is 43.8 Å². The Kier molecular flexibility index (Phi) is 12.1. The molecule has 48 heavy (non-hydrogen) atoms. The molecule has 0 unspecified atom stereocenters. The van der Waals surface area contributed by atoms with Gasteiger partial charge in [0.1, 0.15) is 12.6 Å². The number of carbonyl (C=O) groups is 2. The Hall–Kier alpha value is -3.56. The molecule has 1 aliphatic rings. The van der Waals surface area contributed by atoms with Gasteiger partial charge in [-0.15, -0.1) is 0 Å². The lowest BCUT2D eigenvalue weighted by atomic mass is 9.94. The molecule has 5 rings (SSSR count). The summed E-state index contributed by atoms with van der Waals surface area (Å²) in [5, 5.41) is 4.23. The lowest BCUT2D eigenvalue weighted by Crippen LogP contribution is -2.55. The van der Waals surface area contributed by atoms with Crippen LogP contribution in [0, 0.1) is 6.92 Å². The van der Waals surface area contributed by atoms with Crippen LogP contribution in [0.5, 0.6) is 0 Å². The molecule has 0 aromatic heterocycles. The van der Waals surface area contributed by atoms with Crippen LogP contribution in [0.3, 0.4) is 0 Å². The fourth-order valence-electron chi connectivity index (χ4n) is 5.93. The number of nitrogens with one attached hydrogen (secondary N) is 1. The predicted molar refractivity (Wildman–Crippen MR) is 193 cm³/mol. The molecule has 1 atom stereocenters. The maximum Gasteiger partial charge on any atom is 0.264 e. The van der Waals surface area contributed by atoms with Gasteiger partial charge in [0.2, 0.25) is 11.8 Å². The summed E-state index contributed by atoms with van der Waals surface area (Å²) >= 11 is 19.3. The first-order valence-corrected chi connectivity index (χ1v) is 18.5. The van der Waals surface area contributed by atoms with Crippen LogP contribution in [0.4, 0.5) is 5.69 Å². The molecule has 0 aliphatic heterocycles. The summed E-state index contributed by atoms with van der Waals surface area (Å²) in [6.07, 6.45) is 5.05. The lowest BCUT2D eigenvalue weighted by molar-refractivity contribution is -0.140. The van der Waals surface area contributed by atoms with Crippen molar-refractivity contribution in [3.8, 4) is 0 Å². The fraction of sp³-hybridized carbons (Fsp3) is 0.297. The number of halogens is 3. The number of sulfonamides is 1. The van der Waals surface area contributed by atoms with E-state index in [1.165, 1.54) is 29.2 Å². The number of hydrogen-bond acceptors (Lipinski definition) is 4. The van der Waals surface area contributed by atoms with Gasteiger partial charge < -0.3 is 10.2 Å². The summed E-state index contributed by atoms with van der Waals surface area (Å²) in [6.45, 7) is 1.19. The van der Waals surface area contributed by atoms with Crippen LogP contribution in [0.2, 0.25) is 15.1 Å². The minimum absolute atomic E-state index is 0.0142. The van der Waals surface area contributed by atoms with Crippen LogP contribution in [-0.2, 0) is 32.6 Å². The predicted octanol–water partition coefficient (Wildman–Crippen LogP) is 8.24. The normalized spacial score (nSPS) is 14.2. The standard InChI is InChI=1S/C37H38Cl3N3O4S/c1-26-15-19-30(20-16-26)43(48(46,47)31-21-17-28(38)18-22-31)25-36(44)42(24-32-33(39)13-8-14-34(32)40)35(23-27-9-4-2-5-10-27)37(45)41-29-11-6-3-7-12-29/h2,4-5,8-10,13-22,29,35H,3,6-7,11-12,23-25H2,1H3,(H,41,45)/t35-/m0/s1. The molecule has 4 aromatic carbocycles. The molecule has 2 amide bonds. The largest absolute Gasteiger partial charge is 0.352 e. The molecule has 0 spiro atoms. The average molecular weight is 727 g/mol. The summed E-state index contributed by atoms with van der Waals surface area (Å²) in [4.78, 5) is 30.3. The van der Waals surface area contributed by atoms with Gasteiger partial charge in [0.25, 0.3) is 10.0 Å². The van der Waals surface area contributed by atoms with Gasteiger partial charge in [0, 0.05) is 39.6 Å². The summed E-state index contributed by atoms with van der Waals surface area (Å²) < 4.78 is 29.5. The van der Waals surface area contributed by atoms with E-state index >= 15 is 0 Å². The third-order valence-corrected chi connectivity index (χ3v) is 11.4. The van der Waals surface area contributed by atoms with Crippen molar-refractivity contribution < 1.29 is 18.0 Å². The van der Waals surface area contributed by atoms with E-state index in [9.17, 15) is 18.0 Å². The second-order valence-corrected chi connectivity index (χ2v) is 15.2. The smallest absolute Gasteiger partial charge is 0.264 e. The highest BCUT2D eigenvalue weighted by molar-refractivity contribution is 7.92. The zero-order valence-corrected chi connectivity index (χ0v) is 29.7. The van der Waals surface area contributed by atoms with E-state index in [0.717, 1.165) is 47.5 Å². The number of carbonyl (C=O) groups excluding carboxylic acids is 2. The molecule has 0 radical (unpaired) electrons. The van der Waals surface area contributed by atoms with Crippen molar-refractivity contribution in [2.24, 2.45) is 0 Å². The third-order valence-electron chi connectivity index (χ3n) is 8.62. The molecule has 1 saturated carbocycles. The van der Waals surface area contributed by atoms with Crippen LogP contribution >= 0.6 is 34.8 Å². The zero-order valence-electron chi connectivity index (χ0n) is 26.6. The van der Waals surface area contributed by atoms with Crippen molar-refractivity contribution in [2.75, 3.05) is 10.8 Å². The number of benzene rings is 4. The number of nitrogens with zero attached hydrogens (tertiary/aromatic N) is 2. The highest BCUT2D eigenvalue weighted by atomic mass is 35.5. The van der Waals surface area contributed by atoms with Gasteiger partial charge >= 0.3 is 0 Å². The molecule has 0 heterocycles. The monoisotopic (exact) mass is 725 g/mol. The highest BCUT2D eigenvalue weighted by Gasteiger charge is 2.36. The van der Waals surface area contributed by atoms with Gasteiger partial charge in [0.05, 0.1) is 10.6 Å². The Morgan fingerprint density at radius 1 is 0.812 bits per heavy atom. The Morgan fingerprint density at radius 2 is 1.44 bits per heavy atom.